The third kappa shape index (κ3) is 4.05. The SMILES string of the molecule is Cc1ncc([N+](=O)[O-])n1CC#CC(c1ccccc1)N1CCOCC1. The molecule has 25 heavy (non-hydrogen) atoms. The second-order valence-electron chi connectivity index (χ2n) is 5.79. The number of ether oxygens (including phenoxy) is 1. The van der Waals surface area contributed by atoms with Crippen molar-refractivity contribution < 1.29 is 9.66 Å². The summed E-state index contributed by atoms with van der Waals surface area (Å²) in [5.74, 6) is 6.95. The fourth-order valence-corrected chi connectivity index (χ4v) is 2.88. The lowest BCUT2D eigenvalue weighted by molar-refractivity contribution is -0.392. The number of benzene rings is 1. The molecule has 0 amide bonds. The van der Waals surface area contributed by atoms with Gasteiger partial charge in [0, 0.05) is 20.0 Å². The molecule has 1 atom stereocenters. The van der Waals surface area contributed by atoms with Crippen LogP contribution in [0.1, 0.15) is 17.4 Å². The highest BCUT2D eigenvalue weighted by Gasteiger charge is 2.21. The third-order valence-corrected chi connectivity index (χ3v) is 4.22. The van der Waals surface area contributed by atoms with Gasteiger partial charge in [-0.25, -0.2) is 4.98 Å². The van der Waals surface area contributed by atoms with E-state index in [2.05, 4.69) is 33.9 Å². The zero-order valence-corrected chi connectivity index (χ0v) is 14.1. The Bertz CT molecular complexity index is 786. The lowest BCUT2D eigenvalue weighted by Crippen LogP contribution is -2.38. The monoisotopic (exact) mass is 340 g/mol. The van der Waals surface area contributed by atoms with E-state index in [1.165, 1.54) is 10.8 Å². The van der Waals surface area contributed by atoms with Crippen LogP contribution in [0.15, 0.2) is 36.5 Å². The maximum atomic E-state index is 11.1. The number of hydrogen-bond donors (Lipinski definition) is 0. The summed E-state index contributed by atoms with van der Waals surface area (Å²) in [6.07, 6.45) is 1.27. The Morgan fingerprint density at radius 3 is 2.72 bits per heavy atom. The van der Waals surface area contributed by atoms with Crippen molar-refractivity contribution >= 4 is 5.82 Å². The first kappa shape index (κ1) is 17.1. The zero-order valence-electron chi connectivity index (χ0n) is 14.1. The smallest absolute Gasteiger partial charge is 0.343 e. The molecule has 3 rings (SSSR count). The van der Waals surface area contributed by atoms with Gasteiger partial charge in [-0.2, -0.15) is 4.57 Å². The summed E-state index contributed by atoms with van der Waals surface area (Å²) in [7, 11) is 0. The quantitative estimate of drug-likeness (QED) is 0.484. The molecule has 0 spiro atoms. The van der Waals surface area contributed by atoms with Crippen LogP contribution in [-0.4, -0.2) is 45.7 Å². The summed E-state index contributed by atoms with van der Waals surface area (Å²) >= 11 is 0. The number of aromatic nitrogens is 2. The molecule has 130 valence electrons. The van der Waals surface area contributed by atoms with E-state index in [-0.39, 0.29) is 18.4 Å². The number of nitro groups is 1. The molecule has 1 aromatic heterocycles. The maximum Gasteiger partial charge on any atom is 0.343 e. The highest BCUT2D eigenvalue weighted by molar-refractivity contribution is 5.28. The van der Waals surface area contributed by atoms with Gasteiger partial charge >= 0.3 is 5.82 Å². The first-order valence-corrected chi connectivity index (χ1v) is 8.18. The molecular weight excluding hydrogens is 320 g/mol. The summed E-state index contributed by atoms with van der Waals surface area (Å²) in [6, 6.07) is 10.0. The van der Waals surface area contributed by atoms with E-state index < -0.39 is 4.92 Å². The largest absolute Gasteiger partial charge is 0.379 e. The van der Waals surface area contributed by atoms with Crippen LogP contribution in [-0.2, 0) is 11.3 Å². The fourth-order valence-electron chi connectivity index (χ4n) is 2.88. The van der Waals surface area contributed by atoms with Crippen LogP contribution in [0.4, 0.5) is 5.82 Å². The summed E-state index contributed by atoms with van der Waals surface area (Å²) in [4.78, 5) is 16.9. The van der Waals surface area contributed by atoms with Crippen LogP contribution in [0.2, 0.25) is 0 Å². The van der Waals surface area contributed by atoms with E-state index in [9.17, 15) is 10.1 Å². The highest BCUT2D eigenvalue weighted by Crippen LogP contribution is 2.21. The van der Waals surface area contributed by atoms with Crippen molar-refractivity contribution in [1.82, 2.24) is 14.5 Å². The van der Waals surface area contributed by atoms with Crippen LogP contribution >= 0.6 is 0 Å². The van der Waals surface area contributed by atoms with Gasteiger partial charge in [-0.05, 0) is 10.5 Å². The molecule has 0 N–H and O–H groups in total. The number of aryl methyl sites for hydroxylation is 1. The minimum atomic E-state index is -0.432. The Hall–Kier alpha value is -2.69. The predicted octanol–water partition coefficient (Wildman–Crippen LogP) is 2.18. The molecule has 0 bridgehead atoms. The molecule has 7 nitrogen and oxygen atoms in total. The van der Waals surface area contributed by atoms with Gasteiger partial charge in [0.05, 0.1) is 19.3 Å². The summed E-state index contributed by atoms with van der Waals surface area (Å²) in [5, 5.41) is 11.1. The molecule has 0 radical (unpaired) electrons. The second-order valence-corrected chi connectivity index (χ2v) is 5.79. The van der Waals surface area contributed by atoms with Crippen LogP contribution in [0, 0.1) is 28.9 Å². The Kier molecular flexibility index (Phi) is 5.43. The van der Waals surface area contributed by atoms with Crippen molar-refractivity contribution in [3.63, 3.8) is 0 Å². The first-order valence-electron chi connectivity index (χ1n) is 8.18. The lowest BCUT2D eigenvalue weighted by atomic mass is 10.1. The Morgan fingerprint density at radius 2 is 2.04 bits per heavy atom. The Balaban J connectivity index is 1.83. The summed E-state index contributed by atoms with van der Waals surface area (Å²) in [5.41, 5.74) is 1.12. The fraction of sp³-hybridized carbons (Fsp3) is 0.389. The van der Waals surface area contributed by atoms with Crippen LogP contribution in [0.5, 0.6) is 0 Å². The molecule has 1 aliphatic rings. The van der Waals surface area contributed by atoms with Gasteiger partial charge in [-0.3, -0.25) is 4.90 Å². The molecule has 1 aromatic carbocycles. The van der Waals surface area contributed by atoms with Gasteiger partial charge in [0.1, 0.15) is 6.20 Å². The van der Waals surface area contributed by atoms with Crippen LogP contribution in [0.3, 0.4) is 0 Å². The summed E-state index contributed by atoms with van der Waals surface area (Å²) < 4.78 is 6.95. The van der Waals surface area contributed by atoms with Crippen molar-refractivity contribution in [2.45, 2.75) is 19.5 Å². The van der Waals surface area contributed by atoms with E-state index in [4.69, 9.17) is 4.74 Å². The molecule has 2 aromatic rings. The number of imidazole rings is 1. The van der Waals surface area contributed by atoms with Crippen molar-refractivity contribution in [1.29, 1.82) is 0 Å². The minimum absolute atomic E-state index is 0.0329. The van der Waals surface area contributed by atoms with E-state index >= 15 is 0 Å². The second kappa shape index (κ2) is 7.92. The van der Waals surface area contributed by atoms with E-state index in [1.54, 1.807) is 6.92 Å². The normalized spacial score (nSPS) is 16.0. The van der Waals surface area contributed by atoms with Crippen molar-refractivity contribution in [2.75, 3.05) is 26.3 Å². The minimum Gasteiger partial charge on any atom is -0.379 e. The summed E-state index contributed by atoms with van der Waals surface area (Å²) in [6.45, 7) is 5.01. The topological polar surface area (TPSA) is 73.4 Å². The van der Waals surface area contributed by atoms with Crippen LogP contribution in [0.25, 0.3) is 0 Å². The molecule has 7 heteroatoms. The zero-order chi connectivity index (χ0) is 17.6. The molecule has 1 saturated heterocycles. The number of morpholine rings is 1. The van der Waals surface area contributed by atoms with Crippen molar-refractivity contribution in [3.05, 3.63) is 58.0 Å². The molecule has 1 unspecified atom stereocenters. The molecule has 0 saturated carbocycles. The van der Waals surface area contributed by atoms with E-state index in [0.29, 0.717) is 19.0 Å². The highest BCUT2D eigenvalue weighted by atomic mass is 16.6. The third-order valence-electron chi connectivity index (χ3n) is 4.22. The van der Waals surface area contributed by atoms with E-state index in [0.717, 1.165) is 18.7 Å². The van der Waals surface area contributed by atoms with Gasteiger partial charge in [-0.15, -0.1) is 0 Å². The van der Waals surface area contributed by atoms with Crippen molar-refractivity contribution in [3.8, 4) is 11.8 Å². The lowest BCUT2D eigenvalue weighted by Gasteiger charge is -2.31. The van der Waals surface area contributed by atoms with Gasteiger partial charge in [0.25, 0.3) is 0 Å². The molecule has 1 fully saturated rings. The van der Waals surface area contributed by atoms with Gasteiger partial charge in [0.2, 0.25) is 0 Å². The number of nitrogens with zero attached hydrogens (tertiary/aromatic N) is 4. The molecule has 0 aliphatic carbocycles. The Morgan fingerprint density at radius 1 is 1.32 bits per heavy atom. The maximum absolute atomic E-state index is 11.1. The van der Waals surface area contributed by atoms with Crippen molar-refractivity contribution in [2.24, 2.45) is 0 Å². The Labute approximate surface area is 146 Å². The average Bonchev–Trinajstić information content (AvgIpc) is 3.01. The van der Waals surface area contributed by atoms with E-state index in [1.807, 2.05) is 18.2 Å². The van der Waals surface area contributed by atoms with Crippen LogP contribution < -0.4 is 0 Å². The number of rotatable bonds is 4. The average molecular weight is 340 g/mol. The first-order chi connectivity index (χ1) is 12.2. The molecule has 1 aliphatic heterocycles. The predicted molar refractivity (Wildman–Crippen MR) is 93.0 cm³/mol. The number of hydrogen-bond acceptors (Lipinski definition) is 5. The van der Waals surface area contributed by atoms with Gasteiger partial charge in [-0.1, -0.05) is 42.2 Å². The molecule has 2 heterocycles. The molecular formula is C18H20N4O3. The standard InChI is InChI=1S/C18H20N4O3/c1-15-19-14-18(22(23)24)21(15)9-5-8-17(16-6-3-2-4-7-16)20-10-12-25-13-11-20/h2-4,6-7,14,17H,9-13H2,1H3. The van der Waals surface area contributed by atoms with Gasteiger partial charge in [0.15, 0.2) is 12.4 Å². The van der Waals surface area contributed by atoms with Gasteiger partial charge < -0.3 is 14.9 Å².